The first-order valence-corrected chi connectivity index (χ1v) is 11.4. The van der Waals surface area contributed by atoms with Gasteiger partial charge in [0.05, 0.1) is 10.2 Å². The summed E-state index contributed by atoms with van der Waals surface area (Å²) in [5, 5.41) is 12.1. The molecule has 3 N–H and O–H groups in total. The van der Waals surface area contributed by atoms with Crippen molar-refractivity contribution in [3.05, 3.63) is 28.8 Å². The maximum Gasteiger partial charge on any atom is 0.321 e. The van der Waals surface area contributed by atoms with Gasteiger partial charge in [0.1, 0.15) is 12.1 Å². The van der Waals surface area contributed by atoms with Gasteiger partial charge in [-0.25, -0.2) is 19.7 Å². The lowest BCUT2D eigenvalue weighted by atomic mass is 9.95. The van der Waals surface area contributed by atoms with Gasteiger partial charge in [0.2, 0.25) is 0 Å². The molecule has 28 heavy (non-hydrogen) atoms. The van der Waals surface area contributed by atoms with Gasteiger partial charge < -0.3 is 10.6 Å². The van der Waals surface area contributed by atoms with E-state index in [0.29, 0.717) is 17.1 Å². The molecule has 3 aromatic heterocycles. The summed E-state index contributed by atoms with van der Waals surface area (Å²) in [5.74, 6) is 2.36. The molecule has 2 amide bonds. The van der Waals surface area contributed by atoms with Gasteiger partial charge in [0, 0.05) is 30.1 Å². The van der Waals surface area contributed by atoms with Crippen LogP contribution in [0.1, 0.15) is 30.6 Å². The minimum absolute atomic E-state index is 0.127. The van der Waals surface area contributed by atoms with Crippen LogP contribution in [0.5, 0.6) is 0 Å². The highest BCUT2D eigenvalue weighted by Gasteiger charge is 2.40. The predicted molar refractivity (Wildman–Crippen MR) is 113 cm³/mol. The first-order valence-electron chi connectivity index (χ1n) is 9.69. The van der Waals surface area contributed by atoms with Gasteiger partial charge in [-0.1, -0.05) is 6.42 Å². The van der Waals surface area contributed by atoms with E-state index in [1.165, 1.54) is 30.6 Å². The summed E-state index contributed by atoms with van der Waals surface area (Å²) < 4.78 is 1.08. The van der Waals surface area contributed by atoms with E-state index in [4.69, 9.17) is 0 Å². The SMILES string of the molecule is O=C(Nc1ncc(CCNc2ncnc3ccsc23)s1)NC1CC2CCC1C2. The second-order valence-electron chi connectivity index (χ2n) is 7.55. The second kappa shape index (κ2) is 7.63. The number of fused-ring (bicyclic) bond motifs is 3. The lowest BCUT2D eigenvalue weighted by Gasteiger charge is -2.22. The summed E-state index contributed by atoms with van der Waals surface area (Å²) >= 11 is 3.16. The minimum Gasteiger partial charge on any atom is -0.368 e. The van der Waals surface area contributed by atoms with Crippen molar-refractivity contribution in [2.24, 2.45) is 11.8 Å². The molecule has 3 aromatic rings. The van der Waals surface area contributed by atoms with Crippen LogP contribution in [0.4, 0.5) is 15.7 Å². The van der Waals surface area contributed by atoms with Crippen LogP contribution in [0, 0.1) is 11.8 Å². The van der Waals surface area contributed by atoms with Crippen molar-refractivity contribution in [2.45, 2.75) is 38.1 Å². The monoisotopic (exact) mass is 414 g/mol. The van der Waals surface area contributed by atoms with E-state index in [0.717, 1.165) is 46.2 Å². The third-order valence-electron chi connectivity index (χ3n) is 5.74. The number of nitrogens with zero attached hydrogens (tertiary/aromatic N) is 3. The molecule has 9 heteroatoms. The first-order chi connectivity index (χ1) is 13.7. The van der Waals surface area contributed by atoms with Gasteiger partial charge in [-0.15, -0.1) is 22.7 Å². The van der Waals surface area contributed by atoms with Crippen molar-refractivity contribution in [1.29, 1.82) is 0 Å². The fraction of sp³-hybridized carbons (Fsp3) is 0.474. The molecule has 0 saturated heterocycles. The smallest absolute Gasteiger partial charge is 0.321 e. The van der Waals surface area contributed by atoms with Crippen molar-refractivity contribution in [2.75, 3.05) is 17.2 Å². The second-order valence-corrected chi connectivity index (χ2v) is 9.58. The number of carbonyl (C=O) groups is 1. The fourth-order valence-electron chi connectivity index (χ4n) is 4.42. The Balaban J connectivity index is 1.11. The number of hydrogen-bond acceptors (Lipinski definition) is 7. The van der Waals surface area contributed by atoms with E-state index < -0.39 is 0 Å². The van der Waals surface area contributed by atoms with Crippen LogP contribution in [0.25, 0.3) is 10.2 Å². The number of carbonyl (C=O) groups excluding carboxylic acids is 1. The molecule has 2 fully saturated rings. The Morgan fingerprint density at radius 2 is 2.18 bits per heavy atom. The molecule has 3 heterocycles. The highest BCUT2D eigenvalue weighted by atomic mass is 32.1. The van der Waals surface area contributed by atoms with Crippen LogP contribution in [0.2, 0.25) is 0 Å². The lowest BCUT2D eigenvalue weighted by molar-refractivity contribution is 0.242. The molecule has 5 rings (SSSR count). The Kier molecular flexibility index (Phi) is 4.86. The Hall–Kier alpha value is -2.26. The van der Waals surface area contributed by atoms with Gasteiger partial charge in [-0.2, -0.15) is 0 Å². The number of rotatable bonds is 6. The van der Waals surface area contributed by atoms with Crippen LogP contribution in [0.15, 0.2) is 24.0 Å². The summed E-state index contributed by atoms with van der Waals surface area (Å²) in [4.78, 5) is 26.3. The quantitative estimate of drug-likeness (QED) is 0.564. The van der Waals surface area contributed by atoms with E-state index in [9.17, 15) is 4.79 Å². The van der Waals surface area contributed by atoms with Crippen LogP contribution in [-0.4, -0.2) is 33.6 Å². The third-order valence-corrected chi connectivity index (χ3v) is 7.62. The minimum atomic E-state index is -0.127. The van der Waals surface area contributed by atoms with Crippen molar-refractivity contribution in [3.8, 4) is 0 Å². The predicted octanol–water partition coefficient (Wildman–Crippen LogP) is 4.11. The van der Waals surface area contributed by atoms with E-state index in [1.54, 1.807) is 17.7 Å². The number of thiazole rings is 1. The van der Waals surface area contributed by atoms with Crippen molar-refractivity contribution < 1.29 is 4.79 Å². The van der Waals surface area contributed by atoms with E-state index in [1.807, 2.05) is 17.6 Å². The fourth-order valence-corrected chi connectivity index (χ4v) is 6.04. The molecular weight excluding hydrogens is 392 g/mol. The maximum atomic E-state index is 12.3. The average molecular weight is 415 g/mol. The number of amides is 2. The van der Waals surface area contributed by atoms with Crippen LogP contribution >= 0.6 is 22.7 Å². The molecule has 0 aliphatic heterocycles. The third kappa shape index (κ3) is 3.68. The summed E-state index contributed by atoms with van der Waals surface area (Å²) in [5.41, 5.74) is 0.966. The number of nitrogens with one attached hydrogen (secondary N) is 3. The van der Waals surface area contributed by atoms with E-state index >= 15 is 0 Å². The Morgan fingerprint density at radius 1 is 1.21 bits per heavy atom. The number of anilines is 2. The molecule has 146 valence electrons. The Morgan fingerprint density at radius 3 is 3.04 bits per heavy atom. The summed E-state index contributed by atoms with van der Waals surface area (Å²) in [6.45, 7) is 0.753. The van der Waals surface area contributed by atoms with Gasteiger partial charge in [0.15, 0.2) is 5.13 Å². The Labute approximate surface area is 171 Å². The number of hydrogen-bond donors (Lipinski definition) is 3. The van der Waals surface area contributed by atoms with Crippen LogP contribution in [0.3, 0.4) is 0 Å². The number of thiophene rings is 1. The normalized spacial score (nSPS) is 23.2. The zero-order valence-corrected chi connectivity index (χ0v) is 17.0. The van der Waals surface area contributed by atoms with E-state index in [2.05, 4.69) is 30.9 Å². The molecule has 2 aliphatic carbocycles. The van der Waals surface area contributed by atoms with Crippen molar-refractivity contribution in [1.82, 2.24) is 20.3 Å². The topological polar surface area (TPSA) is 91.8 Å². The zero-order chi connectivity index (χ0) is 18.9. The summed E-state index contributed by atoms with van der Waals surface area (Å²) in [7, 11) is 0. The highest BCUT2D eigenvalue weighted by Crippen LogP contribution is 2.44. The molecule has 7 nitrogen and oxygen atoms in total. The van der Waals surface area contributed by atoms with Gasteiger partial charge >= 0.3 is 6.03 Å². The standard InChI is InChI=1S/C19H22N6OS2/c26-18(24-15-8-11-1-2-12(15)7-11)25-19-21-9-13(28-19)3-5-20-17-16-14(4-6-27-16)22-10-23-17/h4,6,9-12,15H,1-3,5,7-8H2,(H,20,22,23)(H2,21,24,25,26). The zero-order valence-electron chi connectivity index (χ0n) is 15.4. The molecule has 3 atom stereocenters. The van der Waals surface area contributed by atoms with E-state index in [-0.39, 0.29) is 6.03 Å². The average Bonchev–Trinajstić information content (AvgIpc) is 3.46. The molecule has 2 saturated carbocycles. The summed E-state index contributed by atoms with van der Waals surface area (Å²) in [6, 6.07) is 2.21. The lowest BCUT2D eigenvalue weighted by Crippen LogP contribution is -2.40. The van der Waals surface area contributed by atoms with Gasteiger partial charge in [-0.05, 0) is 42.5 Å². The van der Waals surface area contributed by atoms with Crippen LogP contribution in [-0.2, 0) is 6.42 Å². The number of aromatic nitrogens is 3. The van der Waals surface area contributed by atoms with Gasteiger partial charge in [0.25, 0.3) is 0 Å². The molecule has 0 aromatic carbocycles. The molecular formula is C19H22N6OS2. The molecule has 3 unspecified atom stereocenters. The summed E-state index contributed by atoms with van der Waals surface area (Å²) in [6.07, 6.45) is 9.25. The molecule has 0 radical (unpaired) electrons. The van der Waals surface area contributed by atoms with Crippen molar-refractivity contribution >= 4 is 49.9 Å². The van der Waals surface area contributed by atoms with Crippen LogP contribution < -0.4 is 16.0 Å². The van der Waals surface area contributed by atoms with Crippen molar-refractivity contribution in [3.63, 3.8) is 0 Å². The Bertz CT molecular complexity index is 986. The highest BCUT2D eigenvalue weighted by molar-refractivity contribution is 7.17. The van der Waals surface area contributed by atoms with Gasteiger partial charge in [-0.3, -0.25) is 5.32 Å². The molecule has 2 aliphatic rings. The first kappa shape index (κ1) is 17.8. The molecule has 0 spiro atoms. The number of urea groups is 1. The largest absolute Gasteiger partial charge is 0.368 e. The maximum absolute atomic E-state index is 12.3. The molecule has 2 bridgehead atoms.